The molecule has 4 fully saturated rings. The number of ether oxygens (including phenoxy) is 1. The molecule has 3 saturated carbocycles. The SMILES string of the molecule is CC(C)CCC[C@@H](C)[C@H]1CCC2C3CC=C4C[C@@H](OC(=O)NCCCCCC(=O)N5C[C@H](C)C[C@H]5CO)CC[C@]4(C)C3CC[C@@]21C. The number of nitrogens with one attached hydrogen (secondary N) is 1. The maximum absolute atomic E-state index is 12.7. The van der Waals surface area contributed by atoms with Gasteiger partial charge in [0.2, 0.25) is 5.91 Å². The minimum Gasteiger partial charge on any atom is -0.446 e. The van der Waals surface area contributed by atoms with Crippen molar-refractivity contribution >= 4 is 12.0 Å². The van der Waals surface area contributed by atoms with Crippen molar-refractivity contribution < 1.29 is 19.4 Å². The highest BCUT2D eigenvalue weighted by atomic mass is 16.6. The molecule has 0 radical (unpaired) electrons. The van der Waals surface area contributed by atoms with E-state index in [2.05, 4.69) is 52.9 Å². The Balaban J connectivity index is 1.04. The number of fused-ring (bicyclic) bond motifs is 5. The number of unbranched alkanes of at least 4 members (excludes halogenated alkanes) is 2. The van der Waals surface area contributed by atoms with Crippen molar-refractivity contribution in [1.82, 2.24) is 10.2 Å². The van der Waals surface area contributed by atoms with Crippen LogP contribution < -0.4 is 5.32 Å². The summed E-state index contributed by atoms with van der Waals surface area (Å²) in [5.41, 5.74) is 2.35. The van der Waals surface area contributed by atoms with E-state index in [1.807, 2.05) is 4.90 Å². The highest BCUT2D eigenvalue weighted by Crippen LogP contribution is 2.67. The molecule has 262 valence electrons. The summed E-state index contributed by atoms with van der Waals surface area (Å²) in [6.07, 6.45) is 20.3. The molecular weight excluding hydrogens is 572 g/mol. The Morgan fingerprint density at radius 3 is 2.59 bits per heavy atom. The second kappa shape index (κ2) is 15.3. The third-order valence-corrected chi connectivity index (χ3v) is 14.0. The summed E-state index contributed by atoms with van der Waals surface area (Å²) >= 11 is 0. The van der Waals surface area contributed by atoms with E-state index >= 15 is 0 Å². The highest BCUT2D eigenvalue weighted by molar-refractivity contribution is 5.76. The smallest absolute Gasteiger partial charge is 0.407 e. The molecule has 10 atom stereocenters. The van der Waals surface area contributed by atoms with Crippen LogP contribution in [-0.4, -0.2) is 53.8 Å². The molecule has 0 aromatic carbocycles. The van der Waals surface area contributed by atoms with Crippen LogP contribution in [0.2, 0.25) is 0 Å². The summed E-state index contributed by atoms with van der Waals surface area (Å²) in [5, 5.41) is 12.5. The van der Waals surface area contributed by atoms with Crippen molar-refractivity contribution in [2.45, 2.75) is 156 Å². The lowest BCUT2D eigenvalue weighted by molar-refractivity contribution is -0.132. The molecule has 4 aliphatic carbocycles. The van der Waals surface area contributed by atoms with E-state index in [4.69, 9.17) is 4.74 Å². The predicted molar refractivity (Wildman–Crippen MR) is 186 cm³/mol. The summed E-state index contributed by atoms with van der Waals surface area (Å²) in [4.78, 5) is 27.2. The number of carbonyl (C=O) groups excluding carboxylic acids is 2. The molecule has 2 N–H and O–H groups in total. The van der Waals surface area contributed by atoms with Crippen molar-refractivity contribution in [3.63, 3.8) is 0 Å². The molecular formula is C40H68N2O4. The quantitative estimate of drug-likeness (QED) is 0.156. The monoisotopic (exact) mass is 641 g/mol. The van der Waals surface area contributed by atoms with Gasteiger partial charge in [0.15, 0.2) is 0 Å². The first-order valence-electron chi connectivity index (χ1n) is 19.5. The minimum atomic E-state index is -0.288. The van der Waals surface area contributed by atoms with E-state index in [9.17, 15) is 14.7 Å². The second-order valence-electron chi connectivity index (χ2n) is 17.5. The van der Waals surface area contributed by atoms with Gasteiger partial charge in [-0.25, -0.2) is 4.79 Å². The molecule has 0 aromatic heterocycles. The van der Waals surface area contributed by atoms with Crippen molar-refractivity contribution in [1.29, 1.82) is 0 Å². The number of carbonyl (C=O) groups is 2. The first-order valence-corrected chi connectivity index (χ1v) is 19.5. The van der Waals surface area contributed by atoms with Crippen LogP contribution in [0.15, 0.2) is 11.6 Å². The molecule has 6 nitrogen and oxygen atoms in total. The predicted octanol–water partition coefficient (Wildman–Crippen LogP) is 8.91. The number of aliphatic hydroxyl groups is 1. The van der Waals surface area contributed by atoms with E-state index < -0.39 is 0 Å². The van der Waals surface area contributed by atoms with Gasteiger partial charge in [-0.1, -0.05) is 78.9 Å². The van der Waals surface area contributed by atoms with Crippen LogP contribution in [0.4, 0.5) is 4.79 Å². The number of rotatable bonds is 13. The van der Waals surface area contributed by atoms with Crippen LogP contribution in [0.3, 0.4) is 0 Å². The number of amides is 2. The number of allylic oxidation sites excluding steroid dienone is 1. The number of alkyl carbamates (subject to hydrolysis) is 1. The third kappa shape index (κ3) is 7.68. The Bertz CT molecular complexity index is 1070. The van der Waals surface area contributed by atoms with E-state index in [1.165, 1.54) is 51.4 Å². The number of aliphatic hydroxyl groups excluding tert-OH is 1. The van der Waals surface area contributed by atoms with Crippen LogP contribution in [0.25, 0.3) is 0 Å². The fourth-order valence-corrected chi connectivity index (χ4v) is 11.5. The van der Waals surface area contributed by atoms with Crippen LogP contribution in [0.1, 0.15) is 144 Å². The van der Waals surface area contributed by atoms with Gasteiger partial charge in [-0.3, -0.25) is 4.79 Å². The van der Waals surface area contributed by atoms with Gasteiger partial charge in [0.05, 0.1) is 12.6 Å². The normalized spacial score (nSPS) is 37.7. The van der Waals surface area contributed by atoms with E-state index in [1.54, 1.807) is 5.57 Å². The van der Waals surface area contributed by atoms with Gasteiger partial charge in [-0.15, -0.1) is 0 Å². The van der Waals surface area contributed by atoms with Gasteiger partial charge in [0, 0.05) is 25.9 Å². The number of hydrogen-bond donors (Lipinski definition) is 2. The molecule has 0 spiro atoms. The summed E-state index contributed by atoms with van der Waals surface area (Å²) < 4.78 is 5.97. The molecule has 0 bridgehead atoms. The Hall–Kier alpha value is -1.56. The zero-order chi connectivity index (χ0) is 33.1. The standard InChI is InChI=1S/C40H68N2O4/c1-27(2)11-10-12-29(4)34-16-17-35-33-15-14-30-24-32(18-20-39(30,5)36(33)19-21-40(34,35)6)46-38(45)41-22-9-7-8-13-37(44)42-25-28(3)23-31(42)26-43/h14,27-29,31-36,43H,7-13,15-26H2,1-6H3,(H,41,45)/t28-,29-,31+,32+,33?,34-,35?,36?,39+,40-/m1/s1. The summed E-state index contributed by atoms with van der Waals surface area (Å²) in [6, 6.07) is -0.0148. The van der Waals surface area contributed by atoms with E-state index in [-0.39, 0.29) is 36.2 Å². The molecule has 0 aromatic rings. The van der Waals surface area contributed by atoms with E-state index in [0.29, 0.717) is 24.3 Å². The minimum absolute atomic E-state index is 0.0148. The van der Waals surface area contributed by atoms with Crippen LogP contribution in [-0.2, 0) is 9.53 Å². The fraction of sp³-hybridized carbons (Fsp3) is 0.900. The average Bonchev–Trinajstić information content (AvgIpc) is 3.58. The zero-order valence-corrected chi connectivity index (χ0v) is 30.3. The van der Waals surface area contributed by atoms with Crippen LogP contribution in [0.5, 0.6) is 0 Å². The molecule has 1 heterocycles. The largest absolute Gasteiger partial charge is 0.446 e. The number of nitrogens with zero attached hydrogens (tertiary/aromatic N) is 1. The average molecular weight is 641 g/mol. The fourth-order valence-electron chi connectivity index (χ4n) is 11.5. The number of hydrogen-bond acceptors (Lipinski definition) is 4. The maximum atomic E-state index is 12.7. The van der Waals surface area contributed by atoms with Gasteiger partial charge >= 0.3 is 6.09 Å². The van der Waals surface area contributed by atoms with Gasteiger partial charge in [-0.05, 0) is 116 Å². The Kier molecular flexibility index (Phi) is 11.9. The molecule has 1 saturated heterocycles. The third-order valence-electron chi connectivity index (χ3n) is 14.0. The Morgan fingerprint density at radius 2 is 1.83 bits per heavy atom. The van der Waals surface area contributed by atoms with Crippen molar-refractivity contribution in [3.8, 4) is 0 Å². The van der Waals surface area contributed by atoms with Gasteiger partial charge in [-0.2, -0.15) is 0 Å². The second-order valence-corrected chi connectivity index (χ2v) is 17.5. The molecule has 3 unspecified atom stereocenters. The summed E-state index contributed by atoms with van der Waals surface area (Å²) in [5.74, 6) is 5.66. The van der Waals surface area contributed by atoms with Crippen LogP contribution in [0, 0.1) is 52.3 Å². The first kappa shape index (κ1) is 35.7. The molecule has 2 amide bonds. The lowest BCUT2D eigenvalue weighted by Gasteiger charge is -2.58. The van der Waals surface area contributed by atoms with Crippen molar-refractivity contribution in [3.05, 3.63) is 11.6 Å². The highest BCUT2D eigenvalue weighted by Gasteiger charge is 2.59. The topological polar surface area (TPSA) is 78.9 Å². The van der Waals surface area contributed by atoms with Gasteiger partial charge in [0.1, 0.15) is 6.10 Å². The van der Waals surface area contributed by atoms with Gasteiger partial charge in [0.25, 0.3) is 0 Å². The first-order chi connectivity index (χ1) is 22.0. The lowest BCUT2D eigenvalue weighted by Crippen LogP contribution is -2.51. The molecule has 6 heteroatoms. The Labute approximate surface area is 281 Å². The Morgan fingerprint density at radius 1 is 1.02 bits per heavy atom. The van der Waals surface area contributed by atoms with Crippen molar-refractivity contribution in [2.75, 3.05) is 19.7 Å². The van der Waals surface area contributed by atoms with Crippen molar-refractivity contribution in [2.24, 2.45) is 52.3 Å². The summed E-state index contributed by atoms with van der Waals surface area (Å²) in [6.45, 7) is 16.1. The van der Waals surface area contributed by atoms with Crippen LogP contribution >= 0.6 is 0 Å². The van der Waals surface area contributed by atoms with E-state index in [0.717, 1.165) is 87.0 Å². The zero-order valence-electron chi connectivity index (χ0n) is 30.3. The molecule has 5 aliphatic rings. The van der Waals surface area contributed by atoms with Gasteiger partial charge < -0.3 is 20.1 Å². The lowest BCUT2D eigenvalue weighted by atomic mass is 9.47. The molecule has 1 aliphatic heterocycles. The molecule has 46 heavy (non-hydrogen) atoms. The summed E-state index contributed by atoms with van der Waals surface area (Å²) in [7, 11) is 0. The maximum Gasteiger partial charge on any atom is 0.407 e. The molecule has 5 rings (SSSR count). The number of likely N-dealkylation sites (tertiary alicyclic amines) is 1.